The van der Waals surface area contributed by atoms with Crippen molar-refractivity contribution in [2.45, 2.75) is 25.6 Å². The zero-order valence-corrected chi connectivity index (χ0v) is 12.6. The standard InChI is InChI=1S/C14H12F3N3O5/c15-14(16,17)25-11-4-2-1-3-9(11)7-23-10-5-19-6-12(20(21)22)18-13(19)24-8-10/h1-4,6,10H,5,7-8H2/t10-/m0/s1. The van der Waals surface area contributed by atoms with Crippen LogP contribution in [0.25, 0.3) is 0 Å². The Labute approximate surface area is 138 Å². The van der Waals surface area contributed by atoms with Gasteiger partial charge < -0.3 is 24.3 Å². The molecule has 0 bridgehead atoms. The Bertz CT molecular complexity index is 777. The van der Waals surface area contributed by atoms with E-state index in [9.17, 15) is 23.3 Å². The van der Waals surface area contributed by atoms with E-state index in [4.69, 9.17) is 9.47 Å². The summed E-state index contributed by atoms with van der Waals surface area (Å²) < 4.78 is 53.4. The van der Waals surface area contributed by atoms with Crippen molar-refractivity contribution in [3.8, 4) is 11.8 Å². The first-order valence-corrected chi connectivity index (χ1v) is 7.11. The number of fused-ring (bicyclic) bond motifs is 1. The first-order chi connectivity index (χ1) is 11.8. The van der Waals surface area contributed by atoms with Crippen LogP contribution in [-0.4, -0.2) is 33.5 Å². The molecule has 11 heteroatoms. The van der Waals surface area contributed by atoms with Crippen molar-refractivity contribution in [1.29, 1.82) is 0 Å². The van der Waals surface area contributed by atoms with Crippen molar-refractivity contribution < 1.29 is 32.3 Å². The van der Waals surface area contributed by atoms with Gasteiger partial charge in [0.2, 0.25) is 0 Å². The van der Waals surface area contributed by atoms with Crippen molar-refractivity contribution in [1.82, 2.24) is 9.55 Å². The third kappa shape index (κ3) is 4.18. The van der Waals surface area contributed by atoms with Crippen molar-refractivity contribution >= 4 is 5.82 Å². The van der Waals surface area contributed by atoms with Gasteiger partial charge in [-0.3, -0.25) is 4.57 Å². The van der Waals surface area contributed by atoms with Crippen LogP contribution in [0.15, 0.2) is 30.5 Å². The predicted molar refractivity (Wildman–Crippen MR) is 76.1 cm³/mol. The largest absolute Gasteiger partial charge is 0.573 e. The molecule has 2 aromatic rings. The number of rotatable bonds is 5. The number of imidazole rings is 1. The maximum absolute atomic E-state index is 12.4. The van der Waals surface area contributed by atoms with Gasteiger partial charge in [-0.25, -0.2) is 0 Å². The van der Waals surface area contributed by atoms with E-state index in [0.29, 0.717) is 0 Å². The summed E-state index contributed by atoms with van der Waals surface area (Å²) in [5.41, 5.74) is 0.224. The average Bonchev–Trinajstić information content (AvgIpc) is 2.96. The number of ether oxygens (including phenoxy) is 3. The lowest BCUT2D eigenvalue weighted by atomic mass is 10.2. The topological polar surface area (TPSA) is 88.7 Å². The SMILES string of the molecule is O=[N+]([O-])c1cn2c(n1)OC[C@@H](OCc1ccccc1OC(F)(F)F)C2. The van der Waals surface area contributed by atoms with E-state index in [1.54, 1.807) is 6.07 Å². The Morgan fingerprint density at radius 2 is 2.16 bits per heavy atom. The highest BCUT2D eigenvalue weighted by atomic mass is 19.4. The van der Waals surface area contributed by atoms with Gasteiger partial charge in [0.15, 0.2) is 0 Å². The van der Waals surface area contributed by atoms with Gasteiger partial charge in [0.1, 0.15) is 24.7 Å². The zero-order valence-electron chi connectivity index (χ0n) is 12.6. The second-order valence-corrected chi connectivity index (χ2v) is 5.19. The van der Waals surface area contributed by atoms with Crippen LogP contribution in [0, 0.1) is 10.1 Å². The predicted octanol–water partition coefficient (Wildman–Crippen LogP) is 2.67. The van der Waals surface area contributed by atoms with E-state index in [-0.39, 0.29) is 42.9 Å². The van der Waals surface area contributed by atoms with Gasteiger partial charge in [0.25, 0.3) is 0 Å². The highest BCUT2D eigenvalue weighted by molar-refractivity contribution is 5.33. The van der Waals surface area contributed by atoms with E-state index in [1.807, 2.05) is 0 Å². The molecule has 0 radical (unpaired) electrons. The second-order valence-electron chi connectivity index (χ2n) is 5.19. The number of aromatic nitrogens is 2. The molecular weight excluding hydrogens is 347 g/mol. The molecular formula is C14H12F3N3O5. The number of alkyl halides is 3. The van der Waals surface area contributed by atoms with Crippen molar-refractivity contribution in [3.63, 3.8) is 0 Å². The van der Waals surface area contributed by atoms with Gasteiger partial charge in [-0.2, -0.15) is 0 Å². The summed E-state index contributed by atoms with van der Waals surface area (Å²) in [5.74, 6) is -0.690. The molecule has 0 amide bonds. The first kappa shape index (κ1) is 17.0. The van der Waals surface area contributed by atoms with Gasteiger partial charge in [-0.15, -0.1) is 13.2 Å². The molecule has 25 heavy (non-hydrogen) atoms. The number of hydrogen-bond acceptors (Lipinski definition) is 6. The van der Waals surface area contributed by atoms with Crippen LogP contribution in [0.4, 0.5) is 19.0 Å². The second kappa shape index (κ2) is 6.59. The minimum Gasteiger partial charge on any atom is -0.443 e. The molecule has 0 N–H and O–H groups in total. The van der Waals surface area contributed by atoms with Crippen LogP contribution in [-0.2, 0) is 17.9 Å². The van der Waals surface area contributed by atoms with E-state index in [2.05, 4.69) is 9.72 Å². The molecule has 8 nitrogen and oxygen atoms in total. The first-order valence-electron chi connectivity index (χ1n) is 7.11. The fraction of sp³-hybridized carbons (Fsp3) is 0.357. The Hall–Kier alpha value is -2.82. The quantitative estimate of drug-likeness (QED) is 0.602. The summed E-state index contributed by atoms with van der Waals surface area (Å²) in [6, 6.07) is 5.74. The molecule has 0 spiro atoms. The van der Waals surface area contributed by atoms with Crippen LogP contribution in [0.5, 0.6) is 11.8 Å². The summed E-state index contributed by atoms with van der Waals surface area (Å²) in [6.07, 6.45) is -4.08. The summed E-state index contributed by atoms with van der Waals surface area (Å²) in [5, 5.41) is 10.7. The molecule has 0 aliphatic carbocycles. The zero-order chi connectivity index (χ0) is 18.0. The molecule has 0 unspecified atom stereocenters. The van der Waals surface area contributed by atoms with Crippen molar-refractivity contribution in [2.24, 2.45) is 0 Å². The lowest BCUT2D eigenvalue weighted by Crippen LogP contribution is -2.32. The molecule has 1 aliphatic rings. The number of nitrogens with zero attached hydrogens (tertiary/aromatic N) is 3. The smallest absolute Gasteiger partial charge is 0.443 e. The molecule has 134 valence electrons. The Kier molecular flexibility index (Phi) is 4.49. The van der Waals surface area contributed by atoms with Crippen LogP contribution in [0.1, 0.15) is 5.56 Å². The van der Waals surface area contributed by atoms with Crippen molar-refractivity contribution in [3.05, 3.63) is 46.1 Å². The molecule has 1 aliphatic heterocycles. The highest BCUT2D eigenvalue weighted by Crippen LogP contribution is 2.28. The number of benzene rings is 1. The van der Waals surface area contributed by atoms with Gasteiger partial charge in [0.05, 0.1) is 13.2 Å². The molecule has 1 atom stereocenters. The number of halogens is 3. The van der Waals surface area contributed by atoms with Gasteiger partial charge in [0, 0.05) is 10.5 Å². The maximum Gasteiger partial charge on any atom is 0.573 e. The fourth-order valence-electron chi connectivity index (χ4n) is 2.31. The Morgan fingerprint density at radius 3 is 2.88 bits per heavy atom. The van der Waals surface area contributed by atoms with E-state index < -0.39 is 17.4 Å². The monoisotopic (exact) mass is 359 g/mol. The van der Waals surface area contributed by atoms with Crippen LogP contribution in [0.3, 0.4) is 0 Å². The molecule has 0 saturated heterocycles. The Morgan fingerprint density at radius 1 is 1.40 bits per heavy atom. The average molecular weight is 359 g/mol. The van der Waals surface area contributed by atoms with Crippen molar-refractivity contribution in [2.75, 3.05) is 6.61 Å². The summed E-state index contributed by atoms with van der Waals surface area (Å²) in [7, 11) is 0. The Balaban J connectivity index is 1.64. The summed E-state index contributed by atoms with van der Waals surface area (Å²) >= 11 is 0. The number of hydrogen-bond donors (Lipinski definition) is 0. The van der Waals surface area contributed by atoms with Gasteiger partial charge >= 0.3 is 18.2 Å². The summed E-state index contributed by atoms with van der Waals surface area (Å²) in [6.45, 7) is 0.182. The minimum atomic E-state index is -4.80. The maximum atomic E-state index is 12.4. The highest BCUT2D eigenvalue weighted by Gasteiger charge is 2.32. The third-order valence-electron chi connectivity index (χ3n) is 3.39. The molecule has 0 saturated carbocycles. The van der Waals surface area contributed by atoms with Gasteiger partial charge in [-0.1, -0.05) is 18.2 Å². The van der Waals surface area contributed by atoms with Crippen LogP contribution in [0.2, 0.25) is 0 Å². The molecule has 1 aromatic heterocycles. The third-order valence-corrected chi connectivity index (χ3v) is 3.39. The van der Waals surface area contributed by atoms with Gasteiger partial charge in [-0.05, 0) is 11.0 Å². The van der Waals surface area contributed by atoms with E-state index in [1.165, 1.54) is 29.0 Å². The normalized spacial score (nSPS) is 16.8. The molecule has 2 heterocycles. The minimum absolute atomic E-state index is 0.0798. The number of para-hydroxylation sites is 1. The van der Waals surface area contributed by atoms with E-state index in [0.717, 1.165) is 0 Å². The van der Waals surface area contributed by atoms with E-state index >= 15 is 0 Å². The molecule has 1 aromatic carbocycles. The molecule has 0 fully saturated rings. The summed E-state index contributed by atoms with van der Waals surface area (Å²) in [4.78, 5) is 13.8. The van der Waals surface area contributed by atoms with Crippen LogP contribution < -0.4 is 9.47 Å². The number of nitro groups is 1. The molecule has 3 rings (SSSR count). The lowest BCUT2D eigenvalue weighted by Gasteiger charge is -2.23. The van der Waals surface area contributed by atoms with Crippen LogP contribution >= 0.6 is 0 Å². The fourth-order valence-corrected chi connectivity index (χ4v) is 2.31. The lowest BCUT2D eigenvalue weighted by molar-refractivity contribution is -0.389.